The van der Waals surface area contributed by atoms with Gasteiger partial charge in [-0.05, 0) is 23.8 Å². The second-order valence-electron chi connectivity index (χ2n) is 8.47. The molecule has 0 aliphatic heterocycles. The molecule has 0 saturated carbocycles. The maximum Gasteiger partial charge on any atom is 0.332 e. The Morgan fingerprint density at radius 2 is 1.62 bits per heavy atom. The van der Waals surface area contributed by atoms with Crippen LogP contribution < -0.4 is 26.0 Å². The van der Waals surface area contributed by atoms with E-state index in [9.17, 15) is 14.4 Å². The number of methoxy groups -OCH3 is 2. The van der Waals surface area contributed by atoms with Gasteiger partial charge in [-0.2, -0.15) is 0 Å². The Balaban J connectivity index is 1.59. The van der Waals surface area contributed by atoms with Gasteiger partial charge in [0.15, 0.2) is 36.2 Å². The fraction of sp³-hybridized carbons (Fsp3) is 0.462. The molecule has 1 aromatic carbocycles. The highest BCUT2D eigenvalue weighted by Gasteiger charge is 2.14. The van der Waals surface area contributed by atoms with Crippen LogP contribution in [0.4, 0.5) is 0 Å². The monoisotopic (exact) mass is 561 g/mol. The van der Waals surface area contributed by atoms with Crippen molar-refractivity contribution in [2.75, 3.05) is 60.8 Å². The van der Waals surface area contributed by atoms with Crippen LogP contribution >= 0.6 is 0 Å². The Labute approximate surface area is 230 Å². The molecular weight excluding hydrogens is 526 g/mol. The van der Waals surface area contributed by atoms with E-state index in [2.05, 4.69) is 10.3 Å². The first-order chi connectivity index (χ1) is 19.4. The lowest BCUT2D eigenvalue weighted by Gasteiger charge is -2.14. The number of benzene rings is 1. The molecule has 0 bridgehead atoms. The maximum absolute atomic E-state index is 12.5. The van der Waals surface area contributed by atoms with Gasteiger partial charge in [0, 0.05) is 47.5 Å². The molecule has 0 unspecified atom stereocenters. The molecule has 218 valence electrons. The molecule has 2 aromatic heterocycles. The van der Waals surface area contributed by atoms with Crippen LogP contribution in [0, 0.1) is 0 Å². The minimum atomic E-state index is -0.455. The molecule has 2 heterocycles. The number of aromatic nitrogens is 4. The van der Waals surface area contributed by atoms with Crippen molar-refractivity contribution in [3.8, 4) is 11.5 Å². The minimum Gasteiger partial charge on any atom is -0.464 e. The molecule has 0 aliphatic carbocycles. The summed E-state index contributed by atoms with van der Waals surface area (Å²) in [5, 5.41) is 2.77. The maximum atomic E-state index is 12.5. The number of aryl methyl sites for hydroxylation is 1. The van der Waals surface area contributed by atoms with Crippen LogP contribution in [0.1, 0.15) is 5.56 Å². The van der Waals surface area contributed by atoms with Crippen LogP contribution in [-0.2, 0) is 44.4 Å². The zero-order chi connectivity index (χ0) is 28.9. The van der Waals surface area contributed by atoms with Crippen LogP contribution in [0.15, 0.2) is 40.2 Å². The summed E-state index contributed by atoms with van der Waals surface area (Å²) in [6.45, 7) is 2.17. The zero-order valence-corrected chi connectivity index (χ0v) is 23.1. The van der Waals surface area contributed by atoms with Crippen molar-refractivity contribution in [2.45, 2.75) is 6.54 Å². The van der Waals surface area contributed by atoms with E-state index in [1.165, 1.54) is 24.0 Å². The van der Waals surface area contributed by atoms with Gasteiger partial charge in [-0.25, -0.2) is 9.78 Å². The third kappa shape index (κ3) is 8.26. The fourth-order valence-corrected chi connectivity index (χ4v) is 3.57. The van der Waals surface area contributed by atoms with Gasteiger partial charge in [0.05, 0.1) is 32.8 Å². The Morgan fingerprint density at radius 1 is 0.950 bits per heavy atom. The van der Waals surface area contributed by atoms with E-state index >= 15 is 0 Å². The largest absolute Gasteiger partial charge is 0.464 e. The van der Waals surface area contributed by atoms with Gasteiger partial charge in [0.25, 0.3) is 5.56 Å². The number of ether oxygens (including phenoxy) is 6. The number of carbonyl (C=O) groups excluding carboxylic acids is 1. The quantitative estimate of drug-likeness (QED) is 0.138. The number of hydrogen-bond acceptors (Lipinski definition) is 10. The highest BCUT2D eigenvalue weighted by atomic mass is 16.7. The molecule has 0 spiro atoms. The van der Waals surface area contributed by atoms with Crippen LogP contribution in [0.2, 0.25) is 0 Å². The molecule has 0 saturated heterocycles. The van der Waals surface area contributed by atoms with Crippen molar-refractivity contribution in [2.24, 2.45) is 14.1 Å². The lowest BCUT2D eigenvalue weighted by molar-refractivity contribution is -0.116. The molecule has 14 nitrogen and oxygen atoms in total. The number of nitrogens with one attached hydrogen (secondary N) is 1. The number of hydrogen-bond donors (Lipinski definition) is 1. The van der Waals surface area contributed by atoms with E-state index in [1.807, 2.05) is 0 Å². The van der Waals surface area contributed by atoms with E-state index in [1.54, 1.807) is 50.1 Å². The second kappa shape index (κ2) is 15.6. The Bertz CT molecular complexity index is 1410. The van der Waals surface area contributed by atoms with Crippen molar-refractivity contribution in [3.05, 3.63) is 57.0 Å². The van der Waals surface area contributed by atoms with Crippen LogP contribution in [0.25, 0.3) is 17.2 Å². The summed E-state index contributed by atoms with van der Waals surface area (Å²) < 4.78 is 35.9. The minimum absolute atomic E-state index is 0.0104. The summed E-state index contributed by atoms with van der Waals surface area (Å²) in [6.07, 6.45) is 4.49. The molecule has 3 rings (SSSR count). The van der Waals surface area contributed by atoms with E-state index in [4.69, 9.17) is 28.4 Å². The first kappa shape index (κ1) is 30.6. The molecule has 40 heavy (non-hydrogen) atoms. The summed E-state index contributed by atoms with van der Waals surface area (Å²) in [5.74, 6) is 0.533. The van der Waals surface area contributed by atoms with Gasteiger partial charge >= 0.3 is 5.69 Å². The highest BCUT2D eigenvalue weighted by molar-refractivity contribution is 5.91. The molecular formula is C26H35N5O9. The van der Waals surface area contributed by atoms with E-state index in [0.717, 1.165) is 4.57 Å². The third-order valence-corrected chi connectivity index (χ3v) is 5.72. The number of nitrogens with zero attached hydrogens (tertiary/aromatic N) is 4. The predicted octanol–water partition coefficient (Wildman–Crippen LogP) is 0.262. The van der Waals surface area contributed by atoms with Gasteiger partial charge in [-0.1, -0.05) is 6.07 Å². The normalized spacial score (nSPS) is 11.4. The molecule has 14 heteroatoms. The number of fused-ring (bicyclic) bond motifs is 1. The van der Waals surface area contributed by atoms with Crippen molar-refractivity contribution in [1.82, 2.24) is 24.0 Å². The smallest absolute Gasteiger partial charge is 0.332 e. The predicted molar refractivity (Wildman–Crippen MR) is 145 cm³/mol. The fourth-order valence-electron chi connectivity index (χ4n) is 3.57. The first-order valence-corrected chi connectivity index (χ1v) is 12.5. The standard InChI is InChI=1S/C26H35N5O9/c1-29-24-23(25(33)30(2)26(29)34)31(16-28-24)10-9-27-22(32)8-6-19-5-7-20(39-17-37-13-11-35-3)21(15-19)40-18-38-14-12-36-4/h5-8,15-16H,9-14,17-18H2,1-4H3,(H,27,32)/b8-6+. The average Bonchev–Trinajstić information content (AvgIpc) is 3.38. The van der Waals surface area contributed by atoms with E-state index in [0.29, 0.717) is 55.6 Å². The molecule has 0 aliphatic rings. The van der Waals surface area contributed by atoms with Gasteiger partial charge in [0.2, 0.25) is 5.91 Å². The summed E-state index contributed by atoms with van der Waals surface area (Å²) in [4.78, 5) is 41.2. The number of rotatable bonds is 17. The van der Waals surface area contributed by atoms with Gasteiger partial charge in [0.1, 0.15) is 0 Å². The summed E-state index contributed by atoms with van der Waals surface area (Å²) in [7, 11) is 6.13. The van der Waals surface area contributed by atoms with Crippen LogP contribution in [0.5, 0.6) is 11.5 Å². The Kier molecular flexibility index (Phi) is 11.9. The van der Waals surface area contributed by atoms with E-state index in [-0.39, 0.29) is 31.7 Å². The van der Waals surface area contributed by atoms with Crippen molar-refractivity contribution < 1.29 is 33.2 Å². The highest BCUT2D eigenvalue weighted by Crippen LogP contribution is 2.29. The van der Waals surface area contributed by atoms with Crippen molar-refractivity contribution in [1.29, 1.82) is 0 Å². The second-order valence-corrected chi connectivity index (χ2v) is 8.47. The van der Waals surface area contributed by atoms with Crippen molar-refractivity contribution in [3.63, 3.8) is 0 Å². The summed E-state index contributed by atoms with van der Waals surface area (Å²) in [6, 6.07) is 5.19. The topological polar surface area (TPSA) is 146 Å². The van der Waals surface area contributed by atoms with Gasteiger partial charge < -0.3 is 38.3 Å². The lowest BCUT2D eigenvalue weighted by atomic mass is 10.2. The zero-order valence-electron chi connectivity index (χ0n) is 23.1. The molecule has 1 amide bonds. The molecule has 1 N–H and O–H groups in total. The SMILES string of the molecule is COCCOCOc1ccc(/C=C/C(=O)NCCn2cnc3c2c(=O)n(C)c(=O)n3C)cc1OCOCCOC. The Morgan fingerprint density at radius 3 is 2.30 bits per heavy atom. The van der Waals surface area contributed by atoms with Crippen molar-refractivity contribution >= 4 is 23.1 Å². The van der Waals surface area contributed by atoms with Gasteiger partial charge in [-0.3, -0.25) is 18.7 Å². The van der Waals surface area contributed by atoms with Gasteiger partial charge in [-0.15, -0.1) is 0 Å². The molecule has 0 radical (unpaired) electrons. The summed E-state index contributed by atoms with van der Waals surface area (Å²) in [5.41, 5.74) is 0.371. The molecule has 3 aromatic rings. The van der Waals surface area contributed by atoms with E-state index < -0.39 is 11.2 Å². The first-order valence-electron chi connectivity index (χ1n) is 12.5. The lowest BCUT2D eigenvalue weighted by Crippen LogP contribution is -2.37. The average molecular weight is 562 g/mol. The molecule has 0 atom stereocenters. The number of carbonyl (C=O) groups is 1. The number of amides is 1. The number of imidazole rings is 1. The Hall–Kier alpha value is -3.98. The third-order valence-electron chi connectivity index (χ3n) is 5.72. The summed E-state index contributed by atoms with van der Waals surface area (Å²) >= 11 is 0. The molecule has 0 fully saturated rings. The van der Waals surface area contributed by atoms with Crippen LogP contribution in [-0.4, -0.2) is 85.4 Å². The van der Waals surface area contributed by atoms with Crippen LogP contribution in [0.3, 0.4) is 0 Å².